The number of likely N-dealkylation sites (N-methyl/N-ethyl adjacent to an activating group) is 1. The van der Waals surface area contributed by atoms with E-state index >= 15 is 0 Å². The number of hydrogen-bond donors (Lipinski definition) is 1. The molecule has 130 valence electrons. The number of carbonyl (C=O) groups is 1. The highest BCUT2D eigenvalue weighted by molar-refractivity contribution is 9.10. The highest BCUT2D eigenvalue weighted by Crippen LogP contribution is 2.18. The first kappa shape index (κ1) is 20.4. The Balaban J connectivity index is 0.00000264. The van der Waals surface area contributed by atoms with Gasteiger partial charge in [0.2, 0.25) is 15.9 Å². The Kier molecular flexibility index (Phi) is 7.47. The van der Waals surface area contributed by atoms with E-state index < -0.39 is 10.0 Å². The number of nitrogens with zero attached hydrogens (tertiary/aromatic N) is 2. The molecule has 0 aliphatic carbocycles. The van der Waals surface area contributed by atoms with Crippen LogP contribution in [0.3, 0.4) is 0 Å². The van der Waals surface area contributed by atoms with Crippen molar-refractivity contribution in [3.05, 3.63) is 28.7 Å². The Hall–Kier alpha value is -0.670. The molecule has 1 amide bonds. The van der Waals surface area contributed by atoms with Gasteiger partial charge in [0.05, 0.1) is 11.4 Å². The van der Waals surface area contributed by atoms with Gasteiger partial charge in [-0.15, -0.1) is 12.4 Å². The predicted molar refractivity (Wildman–Crippen MR) is 95.3 cm³/mol. The topological polar surface area (TPSA) is 69.7 Å². The smallest absolute Gasteiger partial charge is 0.243 e. The number of benzene rings is 1. The Bertz CT molecular complexity index is 639. The van der Waals surface area contributed by atoms with Crippen LogP contribution in [-0.4, -0.2) is 62.8 Å². The minimum atomic E-state index is -3.66. The molecule has 1 aromatic carbocycles. The molecule has 6 nitrogen and oxygen atoms in total. The second-order valence-electron chi connectivity index (χ2n) is 5.36. The second kappa shape index (κ2) is 8.43. The molecule has 0 radical (unpaired) electrons. The van der Waals surface area contributed by atoms with Crippen LogP contribution < -0.4 is 5.32 Å². The third kappa shape index (κ3) is 4.90. The first-order chi connectivity index (χ1) is 10.3. The van der Waals surface area contributed by atoms with Crippen LogP contribution in [-0.2, 0) is 14.8 Å². The van der Waals surface area contributed by atoms with E-state index in [1.807, 2.05) is 6.92 Å². The molecule has 1 fully saturated rings. The summed E-state index contributed by atoms with van der Waals surface area (Å²) in [7, 11) is -2.22. The molecule has 1 saturated heterocycles. The van der Waals surface area contributed by atoms with Crippen LogP contribution in [0.1, 0.15) is 6.92 Å². The van der Waals surface area contributed by atoms with E-state index in [2.05, 4.69) is 21.2 Å². The fourth-order valence-corrected chi connectivity index (χ4v) is 3.75. The molecular formula is C14H21BrClN3O3S. The first-order valence-electron chi connectivity index (χ1n) is 7.04. The third-order valence-corrected chi connectivity index (χ3v) is 6.05. The Morgan fingerprint density at radius 3 is 2.57 bits per heavy atom. The molecule has 1 aromatic rings. The zero-order chi connectivity index (χ0) is 16.3. The lowest BCUT2D eigenvalue weighted by atomic mass is 10.2. The lowest BCUT2D eigenvalue weighted by Crippen LogP contribution is -2.54. The van der Waals surface area contributed by atoms with Crippen molar-refractivity contribution in [2.24, 2.45) is 0 Å². The lowest BCUT2D eigenvalue weighted by Gasteiger charge is -2.34. The lowest BCUT2D eigenvalue weighted by molar-refractivity contribution is -0.133. The standard InChI is InChI=1S/C14H20BrN3O3S.ClH/c1-11-9-16-7-8-18(11)14(19)10-17(2)22(20,21)13-5-3-12(15)4-6-13;/h3-6,11,16H,7-10H2,1-2H3;1H/t11-;/m0./s1. The molecule has 23 heavy (non-hydrogen) atoms. The second-order valence-corrected chi connectivity index (χ2v) is 8.32. The Morgan fingerprint density at radius 2 is 2.00 bits per heavy atom. The average Bonchev–Trinajstić information content (AvgIpc) is 2.48. The summed E-state index contributed by atoms with van der Waals surface area (Å²) in [5, 5.41) is 3.20. The van der Waals surface area contributed by atoms with Gasteiger partial charge in [-0.25, -0.2) is 8.42 Å². The Morgan fingerprint density at radius 1 is 1.39 bits per heavy atom. The minimum absolute atomic E-state index is 0. The number of piperazine rings is 1. The maximum Gasteiger partial charge on any atom is 0.243 e. The normalized spacial score (nSPS) is 18.6. The van der Waals surface area contributed by atoms with Crippen LogP contribution in [0.5, 0.6) is 0 Å². The minimum Gasteiger partial charge on any atom is -0.336 e. The molecule has 2 rings (SSSR count). The van der Waals surface area contributed by atoms with Crippen LogP contribution in [0, 0.1) is 0 Å². The molecular weight excluding hydrogens is 406 g/mol. The summed E-state index contributed by atoms with van der Waals surface area (Å²) in [6.07, 6.45) is 0. The van der Waals surface area contributed by atoms with Crippen LogP contribution in [0.15, 0.2) is 33.6 Å². The maximum atomic E-state index is 12.5. The summed E-state index contributed by atoms with van der Waals surface area (Å²) in [5.74, 6) is -0.169. The van der Waals surface area contributed by atoms with Crippen LogP contribution >= 0.6 is 28.3 Å². The molecule has 1 N–H and O–H groups in total. The van der Waals surface area contributed by atoms with Crippen molar-refractivity contribution in [1.29, 1.82) is 0 Å². The molecule has 1 aliphatic heterocycles. The number of rotatable bonds is 4. The molecule has 9 heteroatoms. The van der Waals surface area contributed by atoms with Crippen LogP contribution in [0.4, 0.5) is 0 Å². The van der Waals surface area contributed by atoms with Crippen LogP contribution in [0.25, 0.3) is 0 Å². The Labute approximate surface area is 151 Å². The van der Waals surface area contributed by atoms with Gasteiger partial charge in [0.15, 0.2) is 0 Å². The van der Waals surface area contributed by atoms with E-state index in [4.69, 9.17) is 0 Å². The van der Waals surface area contributed by atoms with E-state index in [9.17, 15) is 13.2 Å². The zero-order valence-electron chi connectivity index (χ0n) is 13.0. The summed E-state index contributed by atoms with van der Waals surface area (Å²) in [6, 6.07) is 6.45. The molecule has 1 atom stereocenters. The van der Waals surface area contributed by atoms with Gasteiger partial charge in [-0.05, 0) is 31.2 Å². The number of hydrogen-bond acceptors (Lipinski definition) is 4. The summed E-state index contributed by atoms with van der Waals surface area (Å²) >= 11 is 3.27. The van der Waals surface area contributed by atoms with Crippen molar-refractivity contribution < 1.29 is 13.2 Å². The van der Waals surface area contributed by atoms with E-state index in [1.165, 1.54) is 19.2 Å². The van der Waals surface area contributed by atoms with E-state index in [0.29, 0.717) is 6.54 Å². The van der Waals surface area contributed by atoms with Crippen molar-refractivity contribution in [1.82, 2.24) is 14.5 Å². The van der Waals surface area contributed by atoms with Crippen molar-refractivity contribution in [2.75, 3.05) is 33.2 Å². The number of nitrogens with one attached hydrogen (secondary N) is 1. The summed E-state index contributed by atoms with van der Waals surface area (Å²) in [6.45, 7) is 3.87. The quantitative estimate of drug-likeness (QED) is 0.788. The molecule has 1 aliphatic rings. The number of carbonyl (C=O) groups excluding carboxylic acids is 1. The van der Waals surface area contributed by atoms with Crippen molar-refractivity contribution in [3.8, 4) is 0 Å². The predicted octanol–water partition coefficient (Wildman–Crippen LogP) is 1.31. The van der Waals surface area contributed by atoms with Gasteiger partial charge in [-0.1, -0.05) is 15.9 Å². The highest BCUT2D eigenvalue weighted by Gasteiger charge is 2.28. The molecule has 0 saturated carbocycles. The van der Waals surface area contributed by atoms with Gasteiger partial charge in [-0.3, -0.25) is 4.79 Å². The fraction of sp³-hybridized carbons (Fsp3) is 0.500. The van der Waals surface area contributed by atoms with Crippen molar-refractivity contribution in [2.45, 2.75) is 17.9 Å². The number of sulfonamides is 1. The van der Waals surface area contributed by atoms with Crippen LogP contribution in [0.2, 0.25) is 0 Å². The SMILES string of the molecule is C[C@H]1CNCCN1C(=O)CN(C)S(=O)(=O)c1ccc(Br)cc1.Cl. The maximum absolute atomic E-state index is 12.5. The number of amides is 1. The third-order valence-electron chi connectivity index (χ3n) is 3.70. The van der Waals surface area contributed by atoms with E-state index in [-0.39, 0.29) is 35.8 Å². The summed E-state index contributed by atoms with van der Waals surface area (Å²) in [5.41, 5.74) is 0. The fourth-order valence-electron chi connectivity index (χ4n) is 2.36. The average molecular weight is 427 g/mol. The molecule has 0 unspecified atom stereocenters. The number of halogens is 2. The monoisotopic (exact) mass is 425 g/mol. The summed E-state index contributed by atoms with van der Waals surface area (Å²) < 4.78 is 26.9. The van der Waals surface area contributed by atoms with Gasteiger partial charge in [0.1, 0.15) is 0 Å². The zero-order valence-corrected chi connectivity index (χ0v) is 16.2. The van der Waals surface area contributed by atoms with Crippen molar-refractivity contribution >= 4 is 44.3 Å². The molecule has 0 spiro atoms. The molecule has 1 heterocycles. The highest BCUT2D eigenvalue weighted by atomic mass is 79.9. The van der Waals surface area contributed by atoms with Gasteiger partial charge in [0.25, 0.3) is 0 Å². The van der Waals surface area contributed by atoms with Gasteiger partial charge < -0.3 is 10.2 Å². The van der Waals surface area contributed by atoms with Gasteiger partial charge in [0, 0.05) is 37.2 Å². The van der Waals surface area contributed by atoms with Gasteiger partial charge in [-0.2, -0.15) is 4.31 Å². The largest absolute Gasteiger partial charge is 0.336 e. The molecule has 0 aromatic heterocycles. The van der Waals surface area contributed by atoms with Gasteiger partial charge >= 0.3 is 0 Å². The first-order valence-corrected chi connectivity index (χ1v) is 9.28. The van der Waals surface area contributed by atoms with E-state index in [1.54, 1.807) is 17.0 Å². The van der Waals surface area contributed by atoms with E-state index in [0.717, 1.165) is 21.9 Å². The van der Waals surface area contributed by atoms with Crippen molar-refractivity contribution in [3.63, 3.8) is 0 Å². The summed E-state index contributed by atoms with van der Waals surface area (Å²) in [4.78, 5) is 14.2. The molecule has 0 bridgehead atoms.